The van der Waals surface area contributed by atoms with Crippen LogP contribution < -0.4 is 0 Å². The molecule has 0 aromatic heterocycles. The van der Waals surface area contributed by atoms with Gasteiger partial charge >= 0.3 is 0 Å². The highest BCUT2D eigenvalue weighted by Crippen LogP contribution is 2.42. The fourth-order valence-corrected chi connectivity index (χ4v) is 2.94. The summed E-state index contributed by atoms with van der Waals surface area (Å²) in [6.45, 7) is 18.9. The summed E-state index contributed by atoms with van der Waals surface area (Å²) < 4.78 is 0. The molecule has 0 saturated heterocycles. The first-order valence-corrected chi connectivity index (χ1v) is 7.20. The first-order valence-electron chi connectivity index (χ1n) is 6.38. The fraction of sp³-hybridized carbons (Fsp3) is 0.0556. The second-order valence-electron chi connectivity index (χ2n) is 4.07. The van der Waals surface area contributed by atoms with E-state index in [4.69, 9.17) is 0 Å². The zero-order valence-electron chi connectivity index (χ0n) is 12.0. The highest BCUT2D eigenvalue weighted by Gasteiger charge is 2.26. The third-order valence-electron chi connectivity index (χ3n) is 2.77. The normalized spacial score (nSPS) is 18.6. The van der Waals surface area contributed by atoms with E-state index in [1.165, 1.54) is 6.08 Å². The van der Waals surface area contributed by atoms with Gasteiger partial charge in [-0.25, -0.2) is 0 Å². The minimum atomic E-state index is -0.0717. The van der Waals surface area contributed by atoms with E-state index < -0.39 is 0 Å². The quantitative estimate of drug-likeness (QED) is 0.645. The molecule has 0 saturated carbocycles. The largest absolute Gasteiger partial charge is 0.332 e. The average Bonchev–Trinajstić information content (AvgIpc) is 2.49. The number of nitrogens with zero attached hydrogens (tertiary/aromatic N) is 1. The van der Waals surface area contributed by atoms with Crippen molar-refractivity contribution in [1.29, 1.82) is 0 Å². The Morgan fingerprint density at radius 1 is 1.05 bits per heavy atom. The van der Waals surface area contributed by atoms with Crippen molar-refractivity contribution in [2.75, 3.05) is 6.54 Å². The molecule has 0 radical (unpaired) electrons. The van der Waals surface area contributed by atoms with Gasteiger partial charge in [-0.1, -0.05) is 62.9 Å². The van der Waals surface area contributed by atoms with E-state index in [1.807, 2.05) is 17.1 Å². The van der Waals surface area contributed by atoms with E-state index in [2.05, 4.69) is 32.9 Å². The second-order valence-corrected chi connectivity index (χ2v) is 5.15. The van der Waals surface area contributed by atoms with Gasteiger partial charge in [0.1, 0.15) is 0 Å². The topological polar surface area (TPSA) is 20.3 Å². The third kappa shape index (κ3) is 3.86. The van der Waals surface area contributed by atoms with Gasteiger partial charge in [-0.3, -0.25) is 4.79 Å². The van der Waals surface area contributed by atoms with Gasteiger partial charge in [0.05, 0.1) is 17.9 Å². The molecule has 2 nitrogen and oxygen atoms in total. The molecular formula is C18H19NOS. The maximum absolute atomic E-state index is 11.8. The van der Waals surface area contributed by atoms with Gasteiger partial charge in [0.2, 0.25) is 0 Å². The Balaban J connectivity index is 3.50. The number of hydrogen-bond donors (Lipinski definition) is 0. The summed E-state index contributed by atoms with van der Waals surface area (Å²) in [5, 5.41) is 0. The first kappa shape index (κ1) is 16.8. The second kappa shape index (κ2) is 8.12. The lowest BCUT2D eigenvalue weighted by Crippen LogP contribution is -2.30. The lowest BCUT2D eigenvalue weighted by Gasteiger charge is -2.34. The first-order chi connectivity index (χ1) is 10.1. The monoisotopic (exact) mass is 297 g/mol. The van der Waals surface area contributed by atoms with Crippen molar-refractivity contribution in [3.63, 3.8) is 0 Å². The molecule has 1 heterocycles. The van der Waals surface area contributed by atoms with Gasteiger partial charge in [-0.05, 0) is 24.3 Å². The molecule has 0 atom stereocenters. The Hall–Kier alpha value is -2.26. The van der Waals surface area contributed by atoms with Crippen LogP contribution in [0.25, 0.3) is 0 Å². The lowest BCUT2D eigenvalue weighted by atomic mass is 10.2. The van der Waals surface area contributed by atoms with E-state index in [9.17, 15) is 4.79 Å². The summed E-state index contributed by atoms with van der Waals surface area (Å²) in [5.41, 5.74) is 1.73. The summed E-state index contributed by atoms with van der Waals surface area (Å²) in [7, 11) is 0. The van der Waals surface area contributed by atoms with Gasteiger partial charge < -0.3 is 4.90 Å². The summed E-state index contributed by atoms with van der Waals surface area (Å²) in [4.78, 5) is 15.6. The smallest absolute Gasteiger partial charge is 0.174 e. The molecular weight excluding hydrogens is 278 g/mol. The minimum Gasteiger partial charge on any atom is -0.332 e. The number of allylic oxidation sites excluding steroid dienone is 6. The zero-order chi connectivity index (χ0) is 15.8. The van der Waals surface area contributed by atoms with Crippen molar-refractivity contribution in [2.45, 2.75) is 0 Å². The lowest BCUT2D eigenvalue weighted by molar-refractivity contribution is -0.114. The number of hydrogen-bond acceptors (Lipinski definition) is 3. The molecule has 0 aliphatic carbocycles. The van der Waals surface area contributed by atoms with Crippen LogP contribution in [0, 0.1) is 0 Å². The third-order valence-corrected chi connectivity index (χ3v) is 3.93. The fourth-order valence-electron chi connectivity index (χ4n) is 1.88. The average molecular weight is 297 g/mol. The van der Waals surface area contributed by atoms with Crippen LogP contribution in [0.3, 0.4) is 0 Å². The van der Waals surface area contributed by atoms with Crippen LogP contribution in [-0.4, -0.2) is 17.2 Å². The van der Waals surface area contributed by atoms with Gasteiger partial charge in [0, 0.05) is 9.81 Å². The Labute approximate surface area is 130 Å². The van der Waals surface area contributed by atoms with Gasteiger partial charge in [0.15, 0.2) is 5.78 Å². The molecule has 1 aliphatic heterocycles. The van der Waals surface area contributed by atoms with Crippen LogP contribution in [0.2, 0.25) is 0 Å². The molecule has 0 unspecified atom stereocenters. The maximum Gasteiger partial charge on any atom is 0.174 e. The Kier molecular flexibility index (Phi) is 6.50. The molecule has 0 N–H and O–H groups in total. The van der Waals surface area contributed by atoms with E-state index >= 15 is 0 Å². The van der Waals surface area contributed by atoms with Crippen molar-refractivity contribution < 1.29 is 4.79 Å². The summed E-state index contributed by atoms with van der Waals surface area (Å²) in [6, 6.07) is 0. The Morgan fingerprint density at radius 3 is 2.19 bits per heavy atom. The number of carbonyl (C=O) groups excluding carboxylic acids is 1. The standard InChI is InChI=1S/C18H19NOS/c1-6-11-16-18(12-7-2)21-17(10-5)15(9-4)19(16)13-14(20)8-3/h6-12H,1-5,13H2/b16-11+,18-12+. The molecule has 1 rings (SSSR count). The molecule has 0 aromatic carbocycles. The Morgan fingerprint density at radius 2 is 1.71 bits per heavy atom. The van der Waals surface area contributed by atoms with Gasteiger partial charge in [-0.15, -0.1) is 0 Å². The number of ketones is 1. The molecule has 0 amide bonds. The molecule has 0 aromatic rings. The van der Waals surface area contributed by atoms with Crippen LogP contribution >= 0.6 is 11.8 Å². The van der Waals surface area contributed by atoms with Gasteiger partial charge in [-0.2, -0.15) is 0 Å². The van der Waals surface area contributed by atoms with Crippen LogP contribution in [-0.2, 0) is 4.79 Å². The highest BCUT2D eigenvalue weighted by molar-refractivity contribution is 8.07. The van der Waals surface area contributed by atoms with E-state index in [-0.39, 0.29) is 12.3 Å². The summed E-state index contributed by atoms with van der Waals surface area (Å²) in [5.74, 6) is -0.0717. The van der Waals surface area contributed by atoms with Gasteiger partial charge in [0.25, 0.3) is 0 Å². The molecule has 108 valence electrons. The predicted octanol–water partition coefficient (Wildman–Crippen LogP) is 4.51. The molecule has 0 spiro atoms. The van der Waals surface area contributed by atoms with Crippen LogP contribution in [0.15, 0.2) is 96.6 Å². The molecule has 1 aliphatic rings. The van der Waals surface area contributed by atoms with Crippen molar-refractivity contribution in [2.24, 2.45) is 0 Å². The van der Waals surface area contributed by atoms with Crippen molar-refractivity contribution >= 4 is 17.5 Å². The highest BCUT2D eigenvalue weighted by atomic mass is 32.2. The number of thioether (sulfide) groups is 1. The van der Waals surface area contributed by atoms with Crippen molar-refractivity contribution in [3.8, 4) is 0 Å². The number of rotatable bonds is 7. The van der Waals surface area contributed by atoms with E-state index in [0.29, 0.717) is 0 Å². The van der Waals surface area contributed by atoms with Crippen LogP contribution in [0.4, 0.5) is 0 Å². The minimum absolute atomic E-state index is 0.0717. The number of carbonyl (C=O) groups is 1. The van der Waals surface area contributed by atoms with Crippen molar-refractivity contribution in [1.82, 2.24) is 4.90 Å². The molecule has 0 bridgehead atoms. The van der Waals surface area contributed by atoms with Crippen LogP contribution in [0.1, 0.15) is 0 Å². The van der Waals surface area contributed by atoms with Crippen LogP contribution in [0.5, 0.6) is 0 Å². The molecule has 3 heteroatoms. The Bertz CT molecular complexity index is 590. The summed E-state index contributed by atoms with van der Waals surface area (Å²) >= 11 is 1.56. The SMILES string of the molecule is C=C/C=C1/SC(C=C)=C(C=C)N(CC(=O)C=C)/C1=C/C=C. The maximum atomic E-state index is 11.8. The van der Waals surface area contributed by atoms with E-state index in [1.54, 1.807) is 36.1 Å². The molecule has 21 heavy (non-hydrogen) atoms. The van der Waals surface area contributed by atoms with E-state index in [0.717, 1.165) is 21.2 Å². The molecule has 0 fully saturated rings. The van der Waals surface area contributed by atoms with Crippen molar-refractivity contribution in [3.05, 3.63) is 96.6 Å². The predicted molar refractivity (Wildman–Crippen MR) is 93.5 cm³/mol. The summed E-state index contributed by atoms with van der Waals surface area (Å²) in [6.07, 6.45) is 12.0. The zero-order valence-corrected chi connectivity index (χ0v) is 12.9.